The predicted molar refractivity (Wildman–Crippen MR) is 86.8 cm³/mol. The van der Waals surface area contributed by atoms with Crippen molar-refractivity contribution >= 4 is 23.2 Å². The molecule has 22 heavy (non-hydrogen) atoms. The lowest BCUT2D eigenvalue weighted by Gasteiger charge is -2.12. The van der Waals surface area contributed by atoms with E-state index in [1.54, 1.807) is 0 Å². The highest BCUT2D eigenvalue weighted by atomic mass is 16.2. The first-order valence-corrected chi connectivity index (χ1v) is 8.04. The second kappa shape index (κ2) is 6.48. The summed E-state index contributed by atoms with van der Waals surface area (Å²) < 4.78 is 0. The Hall–Kier alpha value is -1.88. The minimum Gasteiger partial charge on any atom is -0.326 e. The number of anilines is 2. The van der Waals surface area contributed by atoms with Crippen LogP contribution in [0, 0.1) is 18.8 Å². The van der Waals surface area contributed by atoms with Gasteiger partial charge >= 0.3 is 0 Å². The van der Waals surface area contributed by atoms with Crippen molar-refractivity contribution in [3.05, 3.63) is 23.8 Å². The lowest BCUT2D eigenvalue weighted by molar-refractivity contribution is -0.117. The van der Waals surface area contributed by atoms with Crippen molar-refractivity contribution in [2.24, 2.45) is 11.8 Å². The van der Waals surface area contributed by atoms with Crippen molar-refractivity contribution in [2.45, 2.75) is 32.6 Å². The molecule has 0 unspecified atom stereocenters. The molecule has 2 aliphatic rings. The highest BCUT2D eigenvalue weighted by Gasteiger charge is 2.29. The first kappa shape index (κ1) is 15.0. The third-order valence-electron chi connectivity index (χ3n) is 4.14. The van der Waals surface area contributed by atoms with Gasteiger partial charge in [-0.3, -0.25) is 9.59 Å². The Labute approximate surface area is 130 Å². The number of hydrogen-bond acceptors (Lipinski definition) is 3. The highest BCUT2D eigenvalue weighted by Crippen LogP contribution is 2.31. The molecule has 3 N–H and O–H groups in total. The Kier molecular flexibility index (Phi) is 4.43. The molecule has 2 aliphatic carbocycles. The number of aryl methyl sites for hydroxylation is 1. The summed E-state index contributed by atoms with van der Waals surface area (Å²) in [5.41, 5.74) is 2.48. The number of hydrogen-bond donors (Lipinski definition) is 3. The van der Waals surface area contributed by atoms with Crippen LogP contribution in [0.15, 0.2) is 18.2 Å². The van der Waals surface area contributed by atoms with Crippen molar-refractivity contribution in [3.8, 4) is 0 Å². The maximum Gasteiger partial charge on any atom is 0.238 e. The number of carbonyl (C=O) groups excluding carboxylic acids is 2. The van der Waals surface area contributed by atoms with Crippen LogP contribution in [-0.4, -0.2) is 24.9 Å². The van der Waals surface area contributed by atoms with Crippen LogP contribution in [0.3, 0.4) is 0 Å². The molecule has 1 aromatic rings. The molecule has 1 aromatic carbocycles. The molecule has 0 spiro atoms. The van der Waals surface area contributed by atoms with Gasteiger partial charge in [-0.2, -0.15) is 0 Å². The Morgan fingerprint density at radius 3 is 2.59 bits per heavy atom. The zero-order chi connectivity index (χ0) is 15.5. The van der Waals surface area contributed by atoms with Crippen molar-refractivity contribution in [1.29, 1.82) is 0 Å². The van der Waals surface area contributed by atoms with Crippen molar-refractivity contribution in [2.75, 3.05) is 23.7 Å². The summed E-state index contributed by atoms with van der Waals surface area (Å²) in [6, 6.07) is 5.61. The van der Waals surface area contributed by atoms with Gasteiger partial charge in [-0.05, 0) is 62.8 Å². The number of benzene rings is 1. The van der Waals surface area contributed by atoms with E-state index in [-0.39, 0.29) is 17.7 Å². The summed E-state index contributed by atoms with van der Waals surface area (Å²) in [4.78, 5) is 23.8. The van der Waals surface area contributed by atoms with Gasteiger partial charge < -0.3 is 16.0 Å². The van der Waals surface area contributed by atoms with Gasteiger partial charge in [0.25, 0.3) is 0 Å². The number of nitrogens with one attached hydrogen (secondary N) is 3. The maximum atomic E-state index is 12.0. The summed E-state index contributed by atoms with van der Waals surface area (Å²) in [6.07, 6.45) is 4.51. The largest absolute Gasteiger partial charge is 0.326 e. The minimum atomic E-state index is -0.0468. The first-order chi connectivity index (χ1) is 10.6. The lowest BCUT2D eigenvalue weighted by atomic mass is 10.1. The van der Waals surface area contributed by atoms with Gasteiger partial charge in [0, 0.05) is 17.3 Å². The smallest absolute Gasteiger partial charge is 0.238 e. The summed E-state index contributed by atoms with van der Waals surface area (Å²) in [7, 11) is 0. The molecule has 0 bridgehead atoms. The molecule has 2 amide bonds. The normalized spacial score (nSPS) is 17.1. The number of amides is 2. The summed E-state index contributed by atoms with van der Waals surface area (Å²) >= 11 is 0. The second-order valence-electron chi connectivity index (χ2n) is 6.42. The van der Waals surface area contributed by atoms with E-state index < -0.39 is 0 Å². The maximum absolute atomic E-state index is 12.0. The predicted octanol–water partition coefficient (Wildman–Crippen LogP) is 2.28. The molecular formula is C17H23N3O2. The first-order valence-electron chi connectivity index (χ1n) is 8.04. The Bertz CT molecular complexity index is 577. The minimum absolute atomic E-state index is 0.0468. The lowest BCUT2D eigenvalue weighted by Crippen LogP contribution is -2.29. The summed E-state index contributed by atoms with van der Waals surface area (Å²) in [6.45, 7) is 3.19. The molecule has 5 nitrogen and oxygen atoms in total. The fraction of sp³-hybridized carbons (Fsp3) is 0.529. The highest BCUT2D eigenvalue weighted by molar-refractivity contribution is 5.96. The van der Waals surface area contributed by atoms with Crippen LogP contribution < -0.4 is 16.0 Å². The van der Waals surface area contributed by atoms with Gasteiger partial charge in [0.1, 0.15) is 0 Å². The van der Waals surface area contributed by atoms with Crippen LogP contribution in [0.25, 0.3) is 0 Å². The Morgan fingerprint density at radius 1 is 1.14 bits per heavy atom. The molecule has 2 saturated carbocycles. The van der Waals surface area contributed by atoms with Crippen LogP contribution >= 0.6 is 0 Å². The molecule has 118 valence electrons. The Balaban J connectivity index is 1.53. The molecule has 3 rings (SSSR count). The number of carbonyl (C=O) groups is 2. The van der Waals surface area contributed by atoms with Crippen LogP contribution in [0.2, 0.25) is 0 Å². The molecular weight excluding hydrogens is 278 g/mol. The van der Waals surface area contributed by atoms with Crippen LogP contribution in [0.1, 0.15) is 31.2 Å². The average Bonchev–Trinajstić information content (AvgIpc) is 3.36. The fourth-order valence-electron chi connectivity index (χ4n) is 2.33. The summed E-state index contributed by atoms with van der Waals surface area (Å²) in [5, 5.41) is 8.99. The van der Waals surface area contributed by atoms with E-state index in [1.807, 2.05) is 25.1 Å². The molecule has 0 radical (unpaired) electrons. The van der Waals surface area contributed by atoms with Crippen LogP contribution in [0.5, 0.6) is 0 Å². The van der Waals surface area contributed by atoms with Crippen LogP contribution in [0.4, 0.5) is 11.4 Å². The van der Waals surface area contributed by atoms with E-state index in [9.17, 15) is 9.59 Å². The molecule has 0 atom stereocenters. The van der Waals surface area contributed by atoms with Gasteiger partial charge in [0.2, 0.25) is 11.8 Å². The fourth-order valence-corrected chi connectivity index (χ4v) is 2.33. The van der Waals surface area contributed by atoms with Crippen molar-refractivity contribution < 1.29 is 9.59 Å². The molecule has 2 fully saturated rings. The topological polar surface area (TPSA) is 70.2 Å². The van der Waals surface area contributed by atoms with E-state index in [2.05, 4.69) is 16.0 Å². The van der Waals surface area contributed by atoms with E-state index in [1.165, 1.54) is 12.8 Å². The monoisotopic (exact) mass is 301 g/mol. The SMILES string of the molecule is Cc1ccc(NC(=O)C2CC2)cc1NC(=O)CNCC1CC1. The second-order valence-corrected chi connectivity index (χ2v) is 6.42. The molecule has 0 heterocycles. The third-order valence-corrected chi connectivity index (χ3v) is 4.14. The summed E-state index contributed by atoms with van der Waals surface area (Å²) in [5.74, 6) is 0.961. The van der Waals surface area contributed by atoms with E-state index in [4.69, 9.17) is 0 Å². The van der Waals surface area contributed by atoms with Crippen LogP contribution in [-0.2, 0) is 9.59 Å². The molecule has 5 heteroatoms. The molecule has 0 saturated heterocycles. The van der Waals surface area contributed by atoms with E-state index in [0.717, 1.165) is 42.2 Å². The zero-order valence-corrected chi connectivity index (χ0v) is 12.9. The van der Waals surface area contributed by atoms with Gasteiger partial charge in [-0.1, -0.05) is 6.07 Å². The average molecular weight is 301 g/mol. The van der Waals surface area contributed by atoms with Gasteiger partial charge in [-0.15, -0.1) is 0 Å². The van der Waals surface area contributed by atoms with Crippen molar-refractivity contribution in [1.82, 2.24) is 5.32 Å². The Morgan fingerprint density at radius 2 is 1.91 bits per heavy atom. The van der Waals surface area contributed by atoms with Crippen molar-refractivity contribution in [3.63, 3.8) is 0 Å². The quantitative estimate of drug-likeness (QED) is 0.723. The van der Waals surface area contributed by atoms with Gasteiger partial charge in [-0.25, -0.2) is 0 Å². The zero-order valence-electron chi connectivity index (χ0n) is 12.9. The van der Waals surface area contributed by atoms with Gasteiger partial charge in [0.15, 0.2) is 0 Å². The van der Waals surface area contributed by atoms with E-state index in [0.29, 0.717) is 6.54 Å². The molecule has 0 aromatic heterocycles. The third kappa shape index (κ3) is 4.31. The standard InChI is InChI=1S/C17H23N3O2/c1-11-2-7-14(19-17(22)13-5-6-13)8-15(11)20-16(21)10-18-9-12-3-4-12/h2,7-8,12-13,18H,3-6,9-10H2,1H3,(H,19,22)(H,20,21). The number of rotatable bonds is 7. The van der Waals surface area contributed by atoms with Gasteiger partial charge in [0.05, 0.1) is 6.54 Å². The molecule has 0 aliphatic heterocycles. The van der Waals surface area contributed by atoms with E-state index >= 15 is 0 Å².